The average molecular weight is 293 g/mol. The summed E-state index contributed by atoms with van der Waals surface area (Å²) >= 11 is 0. The number of carboxylic acids is 1. The first-order valence-corrected chi connectivity index (χ1v) is 6.90. The van der Waals surface area contributed by atoms with Crippen molar-refractivity contribution in [2.45, 2.75) is 31.7 Å². The number of hydrogen-bond donors (Lipinski definition) is 2. The van der Waals surface area contributed by atoms with Crippen LogP contribution in [0.5, 0.6) is 11.5 Å². The number of para-hydroxylation sites is 1. The van der Waals surface area contributed by atoms with Crippen molar-refractivity contribution < 1.29 is 24.2 Å². The van der Waals surface area contributed by atoms with E-state index in [2.05, 4.69) is 0 Å². The van der Waals surface area contributed by atoms with Gasteiger partial charge in [0.15, 0.2) is 11.5 Å². The fourth-order valence-electron chi connectivity index (χ4n) is 2.52. The minimum atomic E-state index is -1.13. The highest BCUT2D eigenvalue weighted by Gasteiger charge is 2.27. The van der Waals surface area contributed by atoms with E-state index in [9.17, 15) is 9.59 Å². The Morgan fingerprint density at radius 2 is 1.90 bits per heavy atom. The third kappa shape index (κ3) is 3.52. The Labute approximate surface area is 122 Å². The molecule has 1 aromatic rings. The number of rotatable bonds is 4. The van der Waals surface area contributed by atoms with Gasteiger partial charge >= 0.3 is 11.9 Å². The largest absolute Gasteiger partial charge is 0.492 e. The summed E-state index contributed by atoms with van der Waals surface area (Å²) in [5, 5.41) is 9.10. The zero-order chi connectivity index (χ0) is 15.4. The molecular formula is C15H19NO5. The Hall–Kier alpha value is -2.08. The van der Waals surface area contributed by atoms with Crippen LogP contribution in [0.2, 0.25) is 0 Å². The molecule has 21 heavy (non-hydrogen) atoms. The Balaban J connectivity index is 2.14. The lowest BCUT2D eigenvalue weighted by molar-refractivity contribution is -0.140. The topological polar surface area (TPSA) is 98.9 Å². The molecule has 1 aliphatic rings. The van der Waals surface area contributed by atoms with Crippen LogP contribution in [0.3, 0.4) is 0 Å². The molecule has 0 saturated heterocycles. The predicted octanol–water partition coefficient (Wildman–Crippen LogP) is 1.82. The van der Waals surface area contributed by atoms with Gasteiger partial charge < -0.3 is 20.3 Å². The summed E-state index contributed by atoms with van der Waals surface area (Å²) in [4.78, 5) is 23.3. The number of hydrogen-bond acceptors (Lipinski definition) is 5. The first-order chi connectivity index (χ1) is 10.0. The Morgan fingerprint density at radius 1 is 1.24 bits per heavy atom. The minimum absolute atomic E-state index is 0.0338. The van der Waals surface area contributed by atoms with E-state index < -0.39 is 5.97 Å². The highest BCUT2D eigenvalue weighted by molar-refractivity contribution is 5.92. The second-order valence-electron chi connectivity index (χ2n) is 5.17. The SMILES string of the molecule is COc1c(OC(=O)C2CCC(N)CC2)cccc1C(=O)O. The lowest BCUT2D eigenvalue weighted by Crippen LogP contribution is -2.31. The van der Waals surface area contributed by atoms with Gasteiger partial charge in [0.05, 0.1) is 13.0 Å². The maximum absolute atomic E-state index is 12.2. The molecule has 0 unspecified atom stereocenters. The molecule has 6 nitrogen and oxygen atoms in total. The molecule has 1 aromatic carbocycles. The second kappa shape index (κ2) is 6.58. The fraction of sp³-hybridized carbons (Fsp3) is 0.467. The van der Waals surface area contributed by atoms with Crippen LogP contribution in [0.4, 0.5) is 0 Å². The minimum Gasteiger partial charge on any atom is -0.492 e. The smallest absolute Gasteiger partial charge is 0.339 e. The van der Waals surface area contributed by atoms with Gasteiger partial charge in [-0.1, -0.05) is 6.07 Å². The molecule has 0 aliphatic heterocycles. The van der Waals surface area contributed by atoms with Crippen LogP contribution in [0, 0.1) is 5.92 Å². The van der Waals surface area contributed by atoms with Gasteiger partial charge in [0.25, 0.3) is 0 Å². The molecule has 0 atom stereocenters. The van der Waals surface area contributed by atoms with E-state index in [-0.39, 0.29) is 35.0 Å². The van der Waals surface area contributed by atoms with E-state index in [1.54, 1.807) is 0 Å². The molecule has 1 saturated carbocycles. The van der Waals surface area contributed by atoms with Gasteiger partial charge in [0.2, 0.25) is 0 Å². The Bertz CT molecular complexity index is 535. The van der Waals surface area contributed by atoms with E-state index in [0.29, 0.717) is 12.8 Å². The van der Waals surface area contributed by atoms with Gasteiger partial charge in [0, 0.05) is 6.04 Å². The van der Waals surface area contributed by atoms with Gasteiger partial charge in [0.1, 0.15) is 5.56 Å². The van der Waals surface area contributed by atoms with E-state index in [0.717, 1.165) is 12.8 Å². The molecule has 0 radical (unpaired) electrons. The Morgan fingerprint density at radius 3 is 2.48 bits per heavy atom. The van der Waals surface area contributed by atoms with Crippen LogP contribution >= 0.6 is 0 Å². The van der Waals surface area contributed by atoms with Gasteiger partial charge in [-0.25, -0.2) is 4.79 Å². The molecule has 0 amide bonds. The van der Waals surface area contributed by atoms with E-state index >= 15 is 0 Å². The van der Waals surface area contributed by atoms with Crippen molar-refractivity contribution in [3.05, 3.63) is 23.8 Å². The van der Waals surface area contributed by atoms with Crippen LogP contribution in [0.25, 0.3) is 0 Å². The van der Waals surface area contributed by atoms with Crippen LogP contribution in [0.15, 0.2) is 18.2 Å². The van der Waals surface area contributed by atoms with E-state index in [1.807, 2.05) is 0 Å². The van der Waals surface area contributed by atoms with Gasteiger partial charge in [-0.2, -0.15) is 0 Å². The van der Waals surface area contributed by atoms with Crippen molar-refractivity contribution in [3.8, 4) is 11.5 Å². The molecule has 0 aromatic heterocycles. The Kier molecular flexibility index (Phi) is 4.80. The lowest BCUT2D eigenvalue weighted by Gasteiger charge is -2.24. The number of carboxylic acid groups (broad SMARTS) is 1. The predicted molar refractivity (Wildman–Crippen MR) is 75.5 cm³/mol. The molecule has 2 rings (SSSR count). The van der Waals surface area contributed by atoms with Crippen molar-refractivity contribution in [1.82, 2.24) is 0 Å². The zero-order valence-electron chi connectivity index (χ0n) is 11.9. The van der Waals surface area contributed by atoms with Crippen molar-refractivity contribution in [2.75, 3.05) is 7.11 Å². The van der Waals surface area contributed by atoms with Crippen molar-refractivity contribution in [2.24, 2.45) is 11.7 Å². The summed E-state index contributed by atoms with van der Waals surface area (Å²) in [6, 6.07) is 4.60. The third-order valence-electron chi connectivity index (χ3n) is 3.73. The molecule has 0 bridgehead atoms. The number of esters is 1. The van der Waals surface area contributed by atoms with Gasteiger partial charge in [-0.15, -0.1) is 0 Å². The highest BCUT2D eigenvalue weighted by Crippen LogP contribution is 2.33. The molecule has 1 fully saturated rings. The number of ether oxygens (including phenoxy) is 2. The second-order valence-corrected chi connectivity index (χ2v) is 5.17. The number of aromatic carboxylic acids is 1. The molecule has 0 spiro atoms. The van der Waals surface area contributed by atoms with Crippen molar-refractivity contribution in [1.29, 1.82) is 0 Å². The van der Waals surface area contributed by atoms with Gasteiger partial charge in [-0.05, 0) is 37.8 Å². The standard InChI is InChI=1S/C15H19NO5/c1-20-13-11(14(17)18)3-2-4-12(13)21-15(19)9-5-7-10(16)8-6-9/h2-4,9-10H,5-8,16H2,1H3,(H,17,18). The summed E-state index contributed by atoms with van der Waals surface area (Å²) in [7, 11) is 1.35. The highest BCUT2D eigenvalue weighted by atomic mass is 16.6. The molecule has 6 heteroatoms. The first kappa shape index (κ1) is 15.3. The monoisotopic (exact) mass is 293 g/mol. The first-order valence-electron chi connectivity index (χ1n) is 6.90. The summed E-state index contributed by atoms with van der Waals surface area (Å²) in [5.74, 6) is -1.48. The molecule has 3 N–H and O–H groups in total. The average Bonchev–Trinajstić information content (AvgIpc) is 2.47. The fourth-order valence-corrected chi connectivity index (χ4v) is 2.52. The number of benzene rings is 1. The molecule has 114 valence electrons. The summed E-state index contributed by atoms with van der Waals surface area (Å²) in [6.45, 7) is 0. The van der Waals surface area contributed by atoms with E-state index in [4.69, 9.17) is 20.3 Å². The van der Waals surface area contributed by atoms with Crippen molar-refractivity contribution in [3.63, 3.8) is 0 Å². The molecule has 1 aliphatic carbocycles. The number of carbonyl (C=O) groups is 2. The zero-order valence-corrected chi connectivity index (χ0v) is 11.9. The van der Waals surface area contributed by atoms with Crippen LogP contribution in [0.1, 0.15) is 36.0 Å². The normalized spacial score (nSPS) is 21.6. The number of nitrogens with two attached hydrogens (primary N) is 1. The van der Waals surface area contributed by atoms with Crippen LogP contribution < -0.4 is 15.2 Å². The number of carbonyl (C=O) groups excluding carboxylic acids is 1. The quantitative estimate of drug-likeness (QED) is 0.649. The van der Waals surface area contributed by atoms with Crippen LogP contribution in [-0.2, 0) is 4.79 Å². The number of methoxy groups -OCH3 is 1. The molecule has 0 heterocycles. The van der Waals surface area contributed by atoms with Gasteiger partial charge in [-0.3, -0.25) is 4.79 Å². The maximum atomic E-state index is 12.2. The summed E-state index contributed by atoms with van der Waals surface area (Å²) < 4.78 is 10.4. The molecular weight excluding hydrogens is 274 g/mol. The lowest BCUT2D eigenvalue weighted by atomic mass is 9.86. The van der Waals surface area contributed by atoms with E-state index in [1.165, 1.54) is 25.3 Å². The van der Waals surface area contributed by atoms with Crippen molar-refractivity contribution >= 4 is 11.9 Å². The maximum Gasteiger partial charge on any atom is 0.339 e. The third-order valence-corrected chi connectivity index (χ3v) is 3.73. The summed E-state index contributed by atoms with van der Waals surface area (Å²) in [6.07, 6.45) is 2.99. The summed E-state index contributed by atoms with van der Waals surface area (Å²) in [5.41, 5.74) is 5.78. The van der Waals surface area contributed by atoms with Crippen LogP contribution in [-0.4, -0.2) is 30.2 Å².